The number of nitrogens with zero attached hydrogens (tertiary/aromatic N) is 1. The number of rotatable bonds is 5. The van der Waals surface area contributed by atoms with Gasteiger partial charge in [0.05, 0.1) is 0 Å². The average Bonchev–Trinajstić information content (AvgIpc) is 3.00. The summed E-state index contributed by atoms with van der Waals surface area (Å²) in [5.41, 5.74) is 0. The molecule has 16 heavy (non-hydrogen) atoms. The molecule has 1 aliphatic carbocycles. The van der Waals surface area contributed by atoms with Gasteiger partial charge in [0.2, 0.25) is 0 Å². The summed E-state index contributed by atoms with van der Waals surface area (Å²) >= 11 is 0. The molecule has 2 rings (SSSR count). The number of likely N-dealkylation sites (tertiary alicyclic amines) is 1. The van der Waals surface area contributed by atoms with Gasteiger partial charge in [-0.05, 0) is 58.0 Å². The van der Waals surface area contributed by atoms with Gasteiger partial charge in [-0.2, -0.15) is 0 Å². The zero-order chi connectivity index (χ0) is 11.5. The highest BCUT2D eigenvalue weighted by molar-refractivity contribution is 4.89. The fraction of sp³-hybridized carbons (Fsp3) is 1.00. The predicted octanol–water partition coefficient (Wildman–Crippen LogP) is 2.64. The predicted molar refractivity (Wildman–Crippen MR) is 69.7 cm³/mol. The van der Waals surface area contributed by atoms with E-state index in [1.807, 2.05) is 0 Å². The van der Waals surface area contributed by atoms with Crippen LogP contribution in [0.1, 0.15) is 52.9 Å². The second-order valence-corrected chi connectivity index (χ2v) is 6.24. The summed E-state index contributed by atoms with van der Waals surface area (Å²) in [5, 5.41) is 3.80. The third-order valence-corrected chi connectivity index (χ3v) is 3.94. The normalized spacial score (nSPS) is 26.2. The Hall–Kier alpha value is -0.0800. The zero-order valence-corrected chi connectivity index (χ0v) is 11.2. The summed E-state index contributed by atoms with van der Waals surface area (Å²) in [6.07, 6.45) is 6.95. The Bertz CT molecular complexity index is 203. The van der Waals surface area contributed by atoms with Crippen LogP contribution >= 0.6 is 0 Å². The summed E-state index contributed by atoms with van der Waals surface area (Å²) in [5.74, 6) is 0.814. The Morgan fingerprint density at radius 1 is 1.06 bits per heavy atom. The molecule has 1 unspecified atom stereocenters. The van der Waals surface area contributed by atoms with Gasteiger partial charge in [0.25, 0.3) is 0 Å². The van der Waals surface area contributed by atoms with Gasteiger partial charge in [-0.25, -0.2) is 0 Å². The Morgan fingerprint density at radius 3 is 2.19 bits per heavy atom. The van der Waals surface area contributed by atoms with Crippen molar-refractivity contribution in [1.29, 1.82) is 0 Å². The fourth-order valence-electron chi connectivity index (χ4n) is 3.05. The molecular weight excluding hydrogens is 196 g/mol. The minimum atomic E-state index is 0.692. The molecule has 1 saturated carbocycles. The first kappa shape index (κ1) is 12.4. The van der Waals surface area contributed by atoms with E-state index < -0.39 is 0 Å². The van der Waals surface area contributed by atoms with Crippen LogP contribution < -0.4 is 5.32 Å². The van der Waals surface area contributed by atoms with E-state index in [0.29, 0.717) is 6.04 Å². The van der Waals surface area contributed by atoms with Crippen LogP contribution in [0.25, 0.3) is 0 Å². The van der Waals surface area contributed by atoms with Crippen molar-refractivity contribution >= 4 is 0 Å². The van der Waals surface area contributed by atoms with Gasteiger partial charge in [-0.3, -0.25) is 0 Å². The molecular formula is C14H28N2. The molecule has 0 amide bonds. The van der Waals surface area contributed by atoms with Gasteiger partial charge < -0.3 is 10.2 Å². The molecule has 0 radical (unpaired) electrons. The Labute approximate surface area is 101 Å². The van der Waals surface area contributed by atoms with Crippen molar-refractivity contribution in [3.8, 4) is 0 Å². The lowest BCUT2D eigenvalue weighted by Crippen LogP contribution is -2.46. The molecule has 0 aromatic rings. The summed E-state index contributed by atoms with van der Waals surface area (Å²) in [7, 11) is 0. The Balaban J connectivity index is 1.64. The summed E-state index contributed by atoms with van der Waals surface area (Å²) in [6.45, 7) is 9.63. The van der Waals surface area contributed by atoms with Crippen LogP contribution in [0.2, 0.25) is 0 Å². The maximum Gasteiger partial charge on any atom is 0.00964 e. The van der Waals surface area contributed by atoms with E-state index in [9.17, 15) is 0 Å². The van der Waals surface area contributed by atoms with Crippen molar-refractivity contribution in [3.05, 3.63) is 0 Å². The lowest BCUT2D eigenvalue weighted by molar-refractivity contribution is 0.181. The van der Waals surface area contributed by atoms with E-state index in [1.54, 1.807) is 0 Å². The number of hydrogen-bond acceptors (Lipinski definition) is 2. The second-order valence-electron chi connectivity index (χ2n) is 6.24. The lowest BCUT2D eigenvalue weighted by atomic mass is 10.0. The van der Waals surface area contributed by atoms with Crippen molar-refractivity contribution < 1.29 is 0 Å². The molecule has 2 fully saturated rings. The first-order chi connectivity index (χ1) is 7.65. The molecule has 0 aromatic heterocycles. The maximum absolute atomic E-state index is 3.80. The van der Waals surface area contributed by atoms with Crippen LogP contribution in [-0.4, -0.2) is 36.1 Å². The van der Waals surface area contributed by atoms with Gasteiger partial charge in [0.1, 0.15) is 0 Å². The van der Waals surface area contributed by atoms with Crippen LogP contribution in [0.3, 0.4) is 0 Å². The third kappa shape index (κ3) is 3.74. The molecule has 1 heterocycles. The van der Waals surface area contributed by atoms with E-state index in [4.69, 9.17) is 0 Å². The minimum absolute atomic E-state index is 0.692. The quantitative estimate of drug-likeness (QED) is 0.772. The maximum atomic E-state index is 3.80. The monoisotopic (exact) mass is 224 g/mol. The van der Waals surface area contributed by atoms with Crippen LogP contribution in [0.15, 0.2) is 0 Å². The minimum Gasteiger partial charge on any atom is -0.311 e. The van der Waals surface area contributed by atoms with E-state index in [1.165, 1.54) is 45.2 Å². The Kier molecular flexibility index (Phi) is 4.26. The van der Waals surface area contributed by atoms with Crippen molar-refractivity contribution in [1.82, 2.24) is 10.2 Å². The van der Waals surface area contributed by atoms with Crippen LogP contribution in [0.4, 0.5) is 0 Å². The van der Waals surface area contributed by atoms with Crippen LogP contribution in [-0.2, 0) is 0 Å². The van der Waals surface area contributed by atoms with Crippen molar-refractivity contribution in [2.24, 2.45) is 5.92 Å². The number of hydrogen-bond donors (Lipinski definition) is 1. The molecule has 1 atom stereocenters. The standard InChI is InChI=1S/C14H28N2/c1-11(2)10-12(3)15-13-6-8-16(9-7-13)14-4-5-14/h11-15H,4-10H2,1-3H3. The molecule has 0 bridgehead atoms. The largest absolute Gasteiger partial charge is 0.311 e. The molecule has 2 heteroatoms. The average molecular weight is 224 g/mol. The van der Waals surface area contributed by atoms with E-state index in [2.05, 4.69) is 31.0 Å². The molecule has 1 N–H and O–H groups in total. The lowest BCUT2D eigenvalue weighted by Gasteiger charge is -2.34. The molecule has 1 aliphatic heterocycles. The van der Waals surface area contributed by atoms with Crippen LogP contribution in [0.5, 0.6) is 0 Å². The molecule has 1 saturated heterocycles. The fourth-order valence-corrected chi connectivity index (χ4v) is 3.05. The molecule has 0 aromatic carbocycles. The molecule has 94 valence electrons. The van der Waals surface area contributed by atoms with Gasteiger partial charge in [-0.1, -0.05) is 13.8 Å². The number of piperidine rings is 1. The Morgan fingerprint density at radius 2 is 1.69 bits per heavy atom. The number of nitrogens with one attached hydrogen (secondary N) is 1. The zero-order valence-electron chi connectivity index (χ0n) is 11.2. The smallest absolute Gasteiger partial charge is 0.00964 e. The first-order valence-electron chi connectivity index (χ1n) is 7.15. The molecule has 2 nitrogen and oxygen atoms in total. The molecule has 2 aliphatic rings. The van der Waals surface area contributed by atoms with Crippen molar-refractivity contribution in [2.75, 3.05) is 13.1 Å². The van der Waals surface area contributed by atoms with Gasteiger partial charge in [0, 0.05) is 18.1 Å². The third-order valence-electron chi connectivity index (χ3n) is 3.94. The SMILES string of the molecule is CC(C)CC(C)NC1CCN(C2CC2)CC1. The van der Waals surface area contributed by atoms with E-state index in [-0.39, 0.29) is 0 Å². The van der Waals surface area contributed by atoms with Crippen molar-refractivity contribution in [2.45, 2.75) is 71.0 Å². The highest BCUT2D eigenvalue weighted by atomic mass is 15.2. The second kappa shape index (κ2) is 5.50. The van der Waals surface area contributed by atoms with Gasteiger partial charge in [-0.15, -0.1) is 0 Å². The highest BCUT2D eigenvalue weighted by Crippen LogP contribution is 2.29. The summed E-state index contributed by atoms with van der Waals surface area (Å²) in [6, 6.07) is 2.44. The van der Waals surface area contributed by atoms with Gasteiger partial charge >= 0.3 is 0 Å². The highest BCUT2D eigenvalue weighted by Gasteiger charge is 2.31. The summed E-state index contributed by atoms with van der Waals surface area (Å²) < 4.78 is 0. The van der Waals surface area contributed by atoms with E-state index >= 15 is 0 Å². The first-order valence-corrected chi connectivity index (χ1v) is 7.15. The van der Waals surface area contributed by atoms with Crippen LogP contribution in [0, 0.1) is 5.92 Å². The molecule has 0 spiro atoms. The summed E-state index contributed by atoms with van der Waals surface area (Å²) in [4.78, 5) is 2.70. The van der Waals surface area contributed by atoms with Crippen molar-refractivity contribution in [3.63, 3.8) is 0 Å². The van der Waals surface area contributed by atoms with Gasteiger partial charge in [0.15, 0.2) is 0 Å². The van der Waals surface area contributed by atoms with E-state index in [0.717, 1.165) is 18.0 Å². The topological polar surface area (TPSA) is 15.3 Å².